The van der Waals surface area contributed by atoms with Crippen LogP contribution in [0.1, 0.15) is 56.4 Å². The summed E-state index contributed by atoms with van der Waals surface area (Å²) in [5.74, 6) is 1.07. The minimum atomic E-state index is 0. The molecule has 2 aliphatic rings. The molecule has 1 aromatic carbocycles. The third kappa shape index (κ3) is 4.23. The number of hydrogen-bond donors (Lipinski definition) is 2. The van der Waals surface area contributed by atoms with Crippen LogP contribution >= 0.6 is 12.4 Å². The summed E-state index contributed by atoms with van der Waals surface area (Å²) in [5, 5.41) is 3.26. The smallest absolute Gasteiger partial charge is 0.223 e. The van der Waals surface area contributed by atoms with E-state index in [2.05, 4.69) is 35.6 Å². The fourth-order valence-corrected chi connectivity index (χ4v) is 3.87. The zero-order valence-corrected chi connectivity index (χ0v) is 13.9. The quantitative estimate of drug-likeness (QED) is 0.896. The second kappa shape index (κ2) is 7.98. The van der Waals surface area contributed by atoms with Crippen molar-refractivity contribution in [2.45, 2.75) is 62.9 Å². The van der Waals surface area contributed by atoms with Crippen molar-refractivity contribution in [1.82, 2.24) is 5.32 Å². The molecule has 1 aromatic rings. The molecule has 0 heterocycles. The molecule has 2 aliphatic carbocycles. The maximum absolute atomic E-state index is 12.2. The number of rotatable bonds is 3. The maximum atomic E-state index is 12.2. The van der Waals surface area contributed by atoms with Gasteiger partial charge in [0, 0.05) is 18.0 Å². The number of hydrogen-bond acceptors (Lipinski definition) is 2. The Hall–Kier alpha value is -1.06. The van der Waals surface area contributed by atoms with Crippen molar-refractivity contribution in [3.8, 4) is 0 Å². The number of nitrogens with two attached hydrogens (primary N) is 1. The molecule has 1 amide bonds. The number of halogens is 1. The molecule has 3 nitrogen and oxygen atoms in total. The van der Waals surface area contributed by atoms with Gasteiger partial charge in [0.25, 0.3) is 0 Å². The number of nitrogens with one attached hydrogen (secondary N) is 1. The Balaban J connectivity index is 0.00000176. The molecule has 122 valence electrons. The van der Waals surface area contributed by atoms with Crippen LogP contribution < -0.4 is 11.1 Å². The summed E-state index contributed by atoms with van der Waals surface area (Å²) in [5.41, 5.74) is 7.35. The molecule has 0 radical (unpaired) electrons. The highest BCUT2D eigenvalue weighted by atomic mass is 35.5. The molecule has 0 bridgehead atoms. The van der Waals surface area contributed by atoms with Gasteiger partial charge >= 0.3 is 0 Å². The Bertz CT molecular complexity index is 471. The highest BCUT2D eigenvalue weighted by molar-refractivity contribution is 5.85. The first-order valence-electron chi connectivity index (χ1n) is 8.33. The fourth-order valence-electron chi connectivity index (χ4n) is 3.87. The summed E-state index contributed by atoms with van der Waals surface area (Å²) >= 11 is 0. The van der Waals surface area contributed by atoms with Crippen molar-refractivity contribution in [1.29, 1.82) is 0 Å². The fraction of sp³-hybridized carbons (Fsp3) is 0.611. The minimum Gasteiger partial charge on any atom is -0.353 e. The second-order valence-electron chi connectivity index (χ2n) is 6.74. The van der Waals surface area contributed by atoms with Gasteiger partial charge in [-0.1, -0.05) is 30.3 Å². The summed E-state index contributed by atoms with van der Waals surface area (Å²) in [6.07, 6.45) is 7.39. The first-order chi connectivity index (χ1) is 10.2. The van der Waals surface area contributed by atoms with E-state index >= 15 is 0 Å². The van der Waals surface area contributed by atoms with E-state index in [0.717, 1.165) is 32.1 Å². The number of amides is 1. The van der Waals surface area contributed by atoms with Gasteiger partial charge in [-0.25, -0.2) is 0 Å². The van der Waals surface area contributed by atoms with Gasteiger partial charge in [-0.2, -0.15) is 0 Å². The molecule has 0 saturated heterocycles. The lowest BCUT2D eigenvalue weighted by Crippen LogP contribution is -2.40. The molecule has 2 unspecified atom stereocenters. The van der Waals surface area contributed by atoms with Gasteiger partial charge in [-0.15, -0.1) is 12.4 Å². The van der Waals surface area contributed by atoms with Crippen LogP contribution in [0.25, 0.3) is 0 Å². The van der Waals surface area contributed by atoms with Crippen LogP contribution in [0, 0.1) is 5.92 Å². The molecule has 2 saturated carbocycles. The van der Waals surface area contributed by atoms with Gasteiger partial charge in [0.1, 0.15) is 0 Å². The summed E-state index contributed by atoms with van der Waals surface area (Å²) in [6.45, 7) is 0. The van der Waals surface area contributed by atoms with Crippen LogP contribution in [0.4, 0.5) is 0 Å². The SMILES string of the molecule is Cl.NC1CCC(C(=O)NC2CCC(c3ccccc3)CC2)C1. The van der Waals surface area contributed by atoms with Gasteiger partial charge in [0.15, 0.2) is 0 Å². The van der Waals surface area contributed by atoms with Crippen molar-refractivity contribution in [3.05, 3.63) is 35.9 Å². The Labute approximate surface area is 139 Å². The Morgan fingerprint density at radius 3 is 2.27 bits per heavy atom. The third-order valence-electron chi connectivity index (χ3n) is 5.19. The molecule has 0 aromatic heterocycles. The molecule has 3 N–H and O–H groups in total. The molecule has 2 fully saturated rings. The molecule has 4 heteroatoms. The lowest BCUT2D eigenvalue weighted by Gasteiger charge is -2.30. The predicted octanol–water partition coefficient (Wildman–Crippen LogP) is 3.38. The van der Waals surface area contributed by atoms with E-state index in [9.17, 15) is 4.79 Å². The van der Waals surface area contributed by atoms with E-state index in [1.165, 1.54) is 18.4 Å². The molecule has 3 rings (SSSR count). The highest BCUT2D eigenvalue weighted by Crippen LogP contribution is 2.33. The zero-order chi connectivity index (χ0) is 14.7. The third-order valence-corrected chi connectivity index (χ3v) is 5.19. The predicted molar refractivity (Wildman–Crippen MR) is 92.1 cm³/mol. The molecular weight excluding hydrogens is 296 g/mol. The van der Waals surface area contributed by atoms with E-state index in [0.29, 0.717) is 12.0 Å². The molecule has 0 spiro atoms. The largest absolute Gasteiger partial charge is 0.353 e. The van der Waals surface area contributed by atoms with Crippen LogP contribution in [0.2, 0.25) is 0 Å². The maximum Gasteiger partial charge on any atom is 0.223 e. The van der Waals surface area contributed by atoms with E-state index in [1.54, 1.807) is 0 Å². The lowest BCUT2D eigenvalue weighted by atomic mass is 9.81. The van der Waals surface area contributed by atoms with E-state index in [-0.39, 0.29) is 30.3 Å². The summed E-state index contributed by atoms with van der Waals surface area (Å²) in [6, 6.07) is 11.4. The molecular formula is C18H27ClN2O. The lowest BCUT2D eigenvalue weighted by molar-refractivity contribution is -0.125. The van der Waals surface area contributed by atoms with Crippen molar-refractivity contribution in [2.24, 2.45) is 11.7 Å². The summed E-state index contributed by atoms with van der Waals surface area (Å²) in [4.78, 5) is 12.2. The zero-order valence-electron chi connectivity index (χ0n) is 13.0. The van der Waals surface area contributed by atoms with Crippen LogP contribution in [-0.4, -0.2) is 18.0 Å². The number of benzene rings is 1. The van der Waals surface area contributed by atoms with Crippen LogP contribution in [0.5, 0.6) is 0 Å². The standard InChI is InChI=1S/C18H26N2O.ClH/c19-16-9-6-15(12-16)18(21)20-17-10-7-14(8-11-17)13-4-2-1-3-5-13;/h1-5,14-17H,6-12,19H2,(H,20,21);1H. The van der Waals surface area contributed by atoms with Crippen LogP contribution in [0.15, 0.2) is 30.3 Å². The average Bonchev–Trinajstić information content (AvgIpc) is 2.96. The number of carbonyl (C=O) groups is 1. The van der Waals surface area contributed by atoms with Gasteiger partial charge in [0.05, 0.1) is 0 Å². The molecule has 22 heavy (non-hydrogen) atoms. The van der Waals surface area contributed by atoms with Crippen molar-refractivity contribution in [3.63, 3.8) is 0 Å². The van der Waals surface area contributed by atoms with Gasteiger partial charge in [-0.05, 0) is 56.4 Å². The minimum absolute atomic E-state index is 0. The van der Waals surface area contributed by atoms with Gasteiger partial charge < -0.3 is 11.1 Å². The van der Waals surface area contributed by atoms with Gasteiger partial charge in [-0.3, -0.25) is 4.79 Å². The number of carbonyl (C=O) groups excluding carboxylic acids is 1. The molecule has 2 atom stereocenters. The Morgan fingerprint density at radius 1 is 1.00 bits per heavy atom. The normalized spacial score (nSPS) is 31.3. The summed E-state index contributed by atoms with van der Waals surface area (Å²) in [7, 11) is 0. The Kier molecular flexibility index (Phi) is 6.27. The second-order valence-corrected chi connectivity index (χ2v) is 6.74. The average molecular weight is 323 g/mol. The summed E-state index contributed by atoms with van der Waals surface area (Å²) < 4.78 is 0. The van der Waals surface area contributed by atoms with E-state index < -0.39 is 0 Å². The first-order valence-corrected chi connectivity index (χ1v) is 8.33. The molecule has 0 aliphatic heterocycles. The first kappa shape index (κ1) is 17.3. The van der Waals surface area contributed by atoms with Crippen molar-refractivity contribution >= 4 is 18.3 Å². The highest BCUT2D eigenvalue weighted by Gasteiger charge is 2.30. The monoisotopic (exact) mass is 322 g/mol. The Morgan fingerprint density at radius 2 is 1.68 bits per heavy atom. The van der Waals surface area contributed by atoms with Crippen molar-refractivity contribution in [2.75, 3.05) is 0 Å². The van der Waals surface area contributed by atoms with E-state index in [4.69, 9.17) is 5.73 Å². The van der Waals surface area contributed by atoms with E-state index in [1.807, 2.05) is 0 Å². The van der Waals surface area contributed by atoms with Crippen LogP contribution in [-0.2, 0) is 4.79 Å². The topological polar surface area (TPSA) is 55.1 Å². The van der Waals surface area contributed by atoms with Crippen molar-refractivity contribution < 1.29 is 4.79 Å². The van der Waals surface area contributed by atoms with Gasteiger partial charge in [0.2, 0.25) is 5.91 Å². The van der Waals surface area contributed by atoms with Crippen LogP contribution in [0.3, 0.4) is 0 Å².